The van der Waals surface area contributed by atoms with Crippen molar-refractivity contribution in [1.29, 1.82) is 0 Å². The molecule has 2 unspecified atom stereocenters. The molecule has 0 aromatic rings. The molecule has 1 rings (SSSR count). The first-order chi connectivity index (χ1) is 18.2. The van der Waals surface area contributed by atoms with E-state index in [-0.39, 0.29) is 23.8 Å². The van der Waals surface area contributed by atoms with Gasteiger partial charge in [0.1, 0.15) is 23.9 Å². The Labute approximate surface area is 237 Å². The highest BCUT2D eigenvalue weighted by Gasteiger charge is 2.31. The molecule has 39 heavy (non-hydrogen) atoms. The van der Waals surface area contributed by atoms with Crippen LogP contribution in [-0.4, -0.2) is 74.8 Å². The van der Waals surface area contributed by atoms with E-state index in [4.69, 9.17) is 4.74 Å². The fourth-order valence-electron chi connectivity index (χ4n) is 3.32. The van der Waals surface area contributed by atoms with E-state index in [0.29, 0.717) is 6.42 Å². The van der Waals surface area contributed by atoms with Gasteiger partial charge >= 0.3 is 5.97 Å². The summed E-state index contributed by atoms with van der Waals surface area (Å²) in [5.74, 6) is -3.88. The second-order valence-electron chi connectivity index (χ2n) is 9.33. The number of ether oxygens (including phenoxy) is 1. The molecule has 0 spiro atoms. The van der Waals surface area contributed by atoms with E-state index in [2.05, 4.69) is 21.3 Å². The van der Waals surface area contributed by atoms with Gasteiger partial charge in [-0.2, -0.15) is 0 Å². The number of esters is 1. The Balaban J connectivity index is 3.27. The lowest BCUT2D eigenvalue weighted by Gasteiger charge is -2.26. The third-order valence-electron chi connectivity index (χ3n) is 5.33. The third kappa shape index (κ3) is 12.9. The van der Waals surface area contributed by atoms with Crippen LogP contribution in [0.5, 0.6) is 0 Å². The van der Waals surface area contributed by atoms with Gasteiger partial charge in [0.05, 0.1) is 32.6 Å². The fourth-order valence-corrected chi connectivity index (χ4v) is 7.60. The SMILES string of the molecule is C/C=C1\NC(=O)CNC(=O)[C@@H](C(C)C)NC(=O)C[C@@H](/C=C/CCS(=O)SS(C)=O)OC(=O)[C@H](C(C)C)NC1=O. The second-order valence-corrected chi connectivity index (χ2v) is 15.4. The molecule has 1 heterocycles. The Morgan fingerprint density at radius 2 is 1.64 bits per heavy atom. The number of allylic oxidation sites excluding steroid dienone is 2. The van der Waals surface area contributed by atoms with Gasteiger partial charge in [0.2, 0.25) is 17.7 Å². The molecule has 12 nitrogen and oxygen atoms in total. The summed E-state index contributed by atoms with van der Waals surface area (Å²) in [4.78, 5) is 63.8. The molecular formula is C24H38N4O8S3. The minimum atomic E-state index is -1.38. The maximum Gasteiger partial charge on any atom is 0.329 e. The van der Waals surface area contributed by atoms with Crippen molar-refractivity contribution in [3.8, 4) is 0 Å². The highest BCUT2D eigenvalue weighted by atomic mass is 33.5. The molecule has 220 valence electrons. The average Bonchev–Trinajstić information content (AvgIpc) is 2.83. The number of nitrogens with one attached hydrogen (secondary N) is 4. The first-order valence-corrected chi connectivity index (χ1v) is 17.1. The van der Waals surface area contributed by atoms with Gasteiger partial charge in [-0.05, 0) is 31.3 Å². The van der Waals surface area contributed by atoms with Crippen molar-refractivity contribution in [1.82, 2.24) is 21.3 Å². The molecule has 1 aliphatic rings. The molecule has 0 aliphatic carbocycles. The number of hydrogen-bond donors (Lipinski definition) is 4. The minimum Gasteiger partial charge on any atom is -0.456 e. The van der Waals surface area contributed by atoms with Crippen molar-refractivity contribution in [3.63, 3.8) is 0 Å². The summed E-state index contributed by atoms with van der Waals surface area (Å²) in [6.45, 7) is 7.93. The summed E-state index contributed by atoms with van der Waals surface area (Å²) < 4.78 is 28.7. The zero-order valence-corrected chi connectivity index (χ0v) is 25.4. The molecular weight excluding hydrogens is 568 g/mol. The van der Waals surface area contributed by atoms with E-state index in [0.717, 1.165) is 9.83 Å². The fraction of sp³-hybridized carbons (Fsp3) is 0.625. The molecule has 0 saturated carbocycles. The summed E-state index contributed by atoms with van der Waals surface area (Å²) in [6.07, 6.45) is 4.79. The molecule has 4 N–H and O–H groups in total. The van der Waals surface area contributed by atoms with Crippen LogP contribution in [0.1, 0.15) is 47.5 Å². The second kappa shape index (κ2) is 17.2. The molecule has 1 aliphatic heterocycles. The van der Waals surface area contributed by atoms with Gasteiger partial charge in [-0.25, -0.2) is 13.2 Å². The van der Waals surface area contributed by atoms with E-state index >= 15 is 0 Å². The molecule has 0 aromatic heterocycles. The van der Waals surface area contributed by atoms with Gasteiger partial charge < -0.3 is 26.0 Å². The van der Waals surface area contributed by atoms with Crippen LogP contribution in [0, 0.1) is 11.8 Å². The summed E-state index contributed by atoms with van der Waals surface area (Å²) in [5.41, 5.74) is -0.108. The number of amides is 4. The van der Waals surface area contributed by atoms with Crippen LogP contribution in [0.25, 0.3) is 0 Å². The van der Waals surface area contributed by atoms with E-state index in [9.17, 15) is 32.4 Å². The Morgan fingerprint density at radius 3 is 2.21 bits per heavy atom. The van der Waals surface area contributed by atoms with Crippen LogP contribution in [0.2, 0.25) is 0 Å². The monoisotopic (exact) mass is 606 g/mol. The van der Waals surface area contributed by atoms with E-state index in [1.165, 1.54) is 25.3 Å². The van der Waals surface area contributed by atoms with Crippen LogP contribution < -0.4 is 21.3 Å². The molecule has 4 amide bonds. The quantitative estimate of drug-likeness (QED) is 0.131. The van der Waals surface area contributed by atoms with Crippen LogP contribution >= 0.6 is 9.83 Å². The van der Waals surface area contributed by atoms with Crippen LogP contribution in [0.4, 0.5) is 0 Å². The van der Waals surface area contributed by atoms with E-state index in [1.807, 2.05) is 0 Å². The molecule has 1 saturated heterocycles. The molecule has 0 radical (unpaired) electrons. The normalized spacial score (nSPS) is 25.2. The van der Waals surface area contributed by atoms with Gasteiger partial charge in [0.25, 0.3) is 5.91 Å². The van der Waals surface area contributed by atoms with Crippen molar-refractivity contribution in [2.45, 2.75) is 65.6 Å². The summed E-state index contributed by atoms with van der Waals surface area (Å²) in [5, 5.41) is 10.0. The highest BCUT2D eigenvalue weighted by Crippen LogP contribution is 2.14. The maximum absolute atomic E-state index is 13.1. The number of hydrogen-bond acceptors (Lipinski definition) is 9. The summed E-state index contributed by atoms with van der Waals surface area (Å²) in [6, 6.07) is -2.07. The molecule has 0 bridgehead atoms. The number of rotatable bonds is 8. The van der Waals surface area contributed by atoms with Crippen molar-refractivity contribution in [2.75, 3.05) is 18.6 Å². The summed E-state index contributed by atoms with van der Waals surface area (Å²) in [7, 11) is -1.84. The van der Waals surface area contributed by atoms with Gasteiger partial charge in [-0.1, -0.05) is 39.8 Å². The maximum atomic E-state index is 13.1. The van der Waals surface area contributed by atoms with Crippen molar-refractivity contribution in [3.05, 3.63) is 23.9 Å². The zero-order valence-electron chi connectivity index (χ0n) is 22.9. The average molecular weight is 607 g/mol. The van der Waals surface area contributed by atoms with Crippen molar-refractivity contribution >= 4 is 59.1 Å². The van der Waals surface area contributed by atoms with E-state index in [1.54, 1.807) is 33.8 Å². The Hall–Kier alpha value is -2.52. The minimum absolute atomic E-state index is 0.108. The first kappa shape index (κ1) is 34.5. The predicted molar refractivity (Wildman–Crippen MR) is 151 cm³/mol. The smallest absolute Gasteiger partial charge is 0.329 e. The predicted octanol–water partition coefficient (Wildman–Crippen LogP) is 0.356. The summed E-state index contributed by atoms with van der Waals surface area (Å²) >= 11 is 0. The van der Waals surface area contributed by atoms with Gasteiger partial charge in [0, 0.05) is 21.8 Å². The molecule has 15 heteroatoms. The van der Waals surface area contributed by atoms with Gasteiger partial charge in [-0.3, -0.25) is 19.2 Å². The molecule has 5 atom stereocenters. The zero-order chi connectivity index (χ0) is 29.7. The van der Waals surface area contributed by atoms with Crippen LogP contribution in [0.15, 0.2) is 23.9 Å². The third-order valence-corrected chi connectivity index (χ3v) is 10.9. The van der Waals surface area contributed by atoms with Crippen LogP contribution in [-0.2, 0) is 48.4 Å². The van der Waals surface area contributed by atoms with E-state index < -0.39 is 79.9 Å². The number of carbonyl (C=O) groups is 5. The first-order valence-electron chi connectivity index (χ1n) is 12.4. The topological polar surface area (TPSA) is 177 Å². The Bertz CT molecular complexity index is 1030. The lowest BCUT2D eigenvalue weighted by molar-refractivity contribution is -0.153. The Kier molecular flexibility index (Phi) is 15.2. The van der Waals surface area contributed by atoms with Gasteiger partial charge in [-0.15, -0.1) is 0 Å². The Morgan fingerprint density at radius 1 is 1.00 bits per heavy atom. The lowest BCUT2D eigenvalue weighted by Crippen LogP contribution is -2.53. The molecule has 1 fully saturated rings. The standard InChI is InChI=1S/C24H38N4O8S3/c1-7-17-22(31)28-21(15(4)5)24(33)36-16(10-8-9-11-39(35)37-38(6)34)12-18(29)27-20(14(2)3)23(32)25-13-19(30)26-17/h7-8,10,14-16,20-21H,9,11-13H2,1-6H3,(H,25,32)(H,26,30)(H,27,29)(H,28,31)/b10-8+,17-7-/t16-,20-,21+,38?,39?/m1/s1. The lowest BCUT2D eigenvalue weighted by atomic mass is 10.0. The highest BCUT2D eigenvalue weighted by molar-refractivity contribution is 9.00. The molecule has 0 aromatic carbocycles. The van der Waals surface area contributed by atoms with Crippen molar-refractivity contribution < 1.29 is 37.1 Å². The van der Waals surface area contributed by atoms with Crippen LogP contribution in [0.3, 0.4) is 0 Å². The largest absolute Gasteiger partial charge is 0.456 e. The van der Waals surface area contributed by atoms with Gasteiger partial charge in [0.15, 0.2) is 0 Å². The number of carbonyl (C=O) groups excluding carboxylic acids is 5. The van der Waals surface area contributed by atoms with Crippen molar-refractivity contribution in [2.24, 2.45) is 11.8 Å². The number of cyclic esters (lactones) is 1.